The quantitative estimate of drug-likeness (QED) is 0.316. The largest absolute Gasteiger partial charge is 1.00 e. The molecule has 0 fully saturated rings. The molecule has 0 aliphatic rings. The van der Waals surface area contributed by atoms with Crippen LogP contribution in [0.25, 0.3) is 0 Å². The molecule has 0 aromatic rings. The summed E-state index contributed by atoms with van der Waals surface area (Å²) in [7, 11) is -4.19. The Bertz CT molecular complexity index is 241. The van der Waals surface area contributed by atoms with Crippen LogP contribution in [0.2, 0.25) is 0 Å². The van der Waals surface area contributed by atoms with Crippen LogP contribution in [0.15, 0.2) is 0 Å². The molecule has 0 aliphatic carbocycles. The zero-order valence-corrected chi connectivity index (χ0v) is 13.1. The van der Waals surface area contributed by atoms with Gasteiger partial charge in [0.25, 0.3) is 0 Å². The normalized spacial score (nSPS) is 13.2. The average Bonchev–Trinajstić information content (AvgIpc) is 2.15. The van der Waals surface area contributed by atoms with Gasteiger partial charge in [-0.1, -0.05) is 32.6 Å². The van der Waals surface area contributed by atoms with Crippen LogP contribution in [0.3, 0.4) is 0 Å². The first-order valence-corrected chi connectivity index (χ1v) is 7.05. The molecule has 0 aliphatic heterocycles. The zero-order valence-electron chi connectivity index (χ0n) is 10.3. The summed E-state index contributed by atoms with van der Waals surface area (Å²) >= 11 is 0. The Hall–Kier alpha value is 0.870. The average molecular weight is 260 g/mol. The summed E-state index contributed by atoms with van der Waals surface area (Å²) in [5.74, 6) is 0. The minimum atomic E-state index is -4.19. The summed E-state index contributed by atoms with van der Waals surface area (Å²) in [6, 6.07) is 0. The van der Waals surface area contributed by atoms with E-state index >= 15 is 0 Å². The van der Waals surface area contributed by atoms with Gasteiger partial charge >= 0.3 is 29.6 Å². The van der Waals surface area contributed by atoms with E-state index in [1.165, 1.54) is 0 Å². The second kappa shape index (κ2) is 11.0. The minimum Gasteiger partial charge on any atom is -0.748 e. The molecule has 0 radical (unpaired) electrons. The summed E-state index contributed by atoms with van der Waals surface area (Å²) in [6.45, 7) is 2.02. The van der Waals surface area contributed by atoms with E-state index in [9.17, 15) is 13.0 Å². The monoisotopic (exact) mass is 260 g/mol. The molecule has 0 rings (SSSR count). The maximum atomic E-state index is 10.9. The van der Waals surface area contributed by atoms with E-state index in [0.29, 0.717) is 12.8 Å². The van der Waals surface area contributed by atoms with Crippen molar-refractivity contribution in [3.8, 4) is 0 Å². The van der Waals surface area contributed by atoms with E-state index < -0.39 is 15.4 Å². The van der Waals surface area contributed by atoms with Crippen LogP contribution in [-0.2, 0) is 10.1 Å². The van der Waals surface area contributed by atoms with Crippen molar-refractivity contribution in [1.82, 2.24) is 0 Å². The molecular formula is C10H21NaO4S. The van der Waals surface area contributed by atoms with Crippen LogP contribution in [-0.4, -0.2) is 29.9 Å². The molecule has 0 aromatic heterocycles. The number of aliphatic hydroxyl groups is 1. The summed E-state index contributed by atoms with van der Waals surface area (Å²) < 4.78 is 32.6. The van der Waals surface area contributed by atoms with Gasteiger partial charge in [-0.15, -0.1) is 0 Å². The van der Waals surface area contributed by atoms with Crippen LogP contribution >= 0.6 is 0 Å². The molecule has 4 nitrogen and oxygen atoms in total. The molecule has 1 unspecified atom stereocenters. The number of rotatable bonds is 9. The molecule has 0 aromatic carbocycles. The molecule has 0 heterocycles. The van der Waals surface area contributed by atoms with Gasteiger partial charge in [-0.25, -0.2) is 8.42 Å². The van der Waals surface area contributed by atoms with Gasteiger partial charge in [-0.05, 0) is 19.3 Å². The Morgan fingerprint density at radius 1 is 1.12 bits per heavy atom. The molecular weight excluding hydrogens is 239 g/mol. The van der Waals surface area contributed by atoms with Crippen molar-refractivity contribution in [2.75, 3.05) is 6.61 Å². The zero-order chi connectivity index (χ0) is 11.7. The number of aliphatic hydroxyl groups excluding tert-OH is 1. The first-order valence-electron chi connectivity index (χ1n) is 5.58. The van der Waals surface area contributed by atoms with Gasteiger partial charge in [0.2, 0.25) is 0 Å². The van der Waals surface area contributed by atoms with Crippen LogP contribution < -0.4 is 29.6 Å². The molecule has 6 heteroatoms. The molecule has 0 saturated carbocycles. The third-order valence-electron chi connectivity index (χ3n) is 2.47. The number of unbranched alkanes of at least 4 members (excludes halogenated alkanes) is 3. The Kier molecular flexibility index (Phi) is 13.2. The van der Waals surface area contributed by atoms with Crippen molar-refractivity contribution in [3.05, 3.63) is 0 Å². The Balaban J connectivity index is 0. The molecule has 0 spiro atoms. The third-order valence-corrected chi connectivity index (χ3v) is 3.76. The second-order valence-corrected chi connectivity index (χ2v) is 5.48. The van der Waals surface area contributed by atoms with Crippen molar-refractivity contribution >= 4 is 10.1 Å². The van der Waals surface area contributed by atoms with Crippen LogP contribution in [0.4, 0.5) is 0 Å². The fourth-order valence-electron chi connectivity index (χ4n) is 1.55. The summed E-state index contributed by atoms with van der Waals surface area (Å²) in [6.07, 6.45) is 5.03. The topological polar surface area (TPSA) is 77.4 Å². The summed E-state index contributed by atoms with van der Waals surface area (Å²) in [4.78, 5) is 0. The predicted octanol–water partition coefficient (Wildman–Crippen LogP) is -1.35. The van der Waals surface area contributed by atoms with Gasteiger partial charge in [-0.3, -0.25) is 0 Å². The molecule has 1 atom stereocenters. The standard InChI is InChI=1S/C10H22O4S.Na/c1-2-3-4-5-7-10(8-6-9-11)15(12,13)14;/h10-11H,2-9H2,1H3,(H,12,13,14);/q;+1/p-1. The predicted molar refractivity (Wildman–Crippen MR) is 58.6 cm³/mol. The smallest absolute Gasteiger partial charge is 0.748 e. The summed E-state index contributed by atoms with van der Waals surface area (Å²) in [5.41, 5.74) is 0. The Morgan fingerprint density at radius 2 is 1.69 bits per heavy atom. The van der Waals surface area contributed by atoms with Crippen molar-refractivity contribution in [2.45, 2.75) is 57.1 Å². The van der Waals surface area contributed by atoms with Crippen molar-refractivity contribution < 1.29 is 47.6 Å². The SMILES string of the molecule is CCCCCCC(CCCO)S(=O)(=O)[O-].[Na+]. The second-order valence-electron chi connectivity index (χ2n) is 3.83. The third kappa shape index (κ3) is 10.1. The first-order chi connectivity index (χ1) is 7.02. The van der Waals surface area contributed by atoms with Gasteiger partial charge in [0.15, 0.2) is 0 Å². The van der Waals surface area contributed by atoms with Crippen molar-refractivity contribution in [3.63, 3.8) is 0 Å². The van der Waals surface area contributed by atoms with E-state index in [2.05, 4.69) is 6.92 Å². The number of hydrogen-bond acceptors (Lipinski definition) is 4. The van der Waals surface area contributed by atoms with Crippen molar-refractivity contribution in [2.24, 2.45) is 0 Å². The minimum absolute atomic E-state index is 0. The molecule has 0 amide bonds. The van der Waals surface area contributed by atoms with Crippen molar-refractivity contribution in [1.29, 1.82) is 0 Å². The molecule has 0 saturated heterocycles. The van der Waals surface area contributed by atoms with E-state index in [0.717, 1.165) is 25.7 Å². The van der Waals surface area contributed by atoms with E-state index in [-0.39, 0.29) is 42.6 Å². The first kappa shape index (κ1) is 19.2. The van der Waals surface area contributed by atoms with Crippen LogP contribution in [0, 0.1) is 0 Å². The van der Waals surface area contributed by atoms with Crippen LogP contribution in [0.1, 0.15) is 51.9 Å². The maximum absolute atomic E-state index is 10.9. The van der Waals surface area contributed by atoms with Crippen LogP contribution in [0.5, 0.6) is 0 Å². The van der Waals surface area contributed by atoms with E-state index in [1.54, 1.807) is 0 Å². The van der Waals surface area contributed by atoms with Gasteiger partial charge < -0.3 is 9.66 Å². The summed E-state index contributed by atoms with van der Waals surface area (Å²) in [5, 5.41) is 7.79. The molecule has 0 bridgehead atoms. The van der Waals surface area contributed by atoms with Gasteiger partial charge in [0.1, 0.15) is 0 Å². The molecule has 1 N–H and O–H groups in total. The van der Waals surface area contributed by atoms with Gasteiger partial charge in [-0.2, -0.15) is 0 Å². The Morgan fingerprint density at radius 3 is 2.12 bits per heavy atom. The van der Waals surface area contributed by atoms with Gasteiger partial charge in [0, 0.05) is 11.9 Å². The molecule has 16 heavy (non-hydrogen) atoms. The maximum Gasteiger partial charge on any atom is 1.00 e. The fourth-order valence-corrected chi connectivity index (χ4v) is 2.46. The van der Waals surface area contributed by atoms with E-state index in [4.69, 9.17) is 5.11 Å². The molecule has 92 valence electrons. The number of hydrogen-bond donors (Lipinski definition) is 1. The van der Waals surface area contributed by atoms with Gasteiger partial charge in [0.05, 0.1) is 10.1 Å². The van der Waals surface area contributed by atoms with E-state index in [1.807, 2.05) is 0 Å². The Labute approximate surface area is 121 Å². The fraction of sp³-hybridized carbons (Fsp3) is 1.00.